The SMILES string of the molecule is Cc1cc(C(F)(F)F)c2c(C3CCCN(C(=O)c4cnn(C)c4C)C3)noc2n1. The molecule has 0 N–H and O–H groups in total. The molecule has 4 rings (SSSR count). The molecule has 1 aliphatic rings. The molecule has 7 nitrogen and oxygen atoms in total. The zero-order chi connectivity index (χ0) is 20.9. The van der Waals surface area contributed by atoms with Crippen LogP contribution in [0.15, 0.2) is 16.8 Å². The van der Waals surface area contributed by atoms with Gasteiger partial charge in [0, 0.05) is 37.4 Å². The molecule has 0 aromatic carbocycles. The number of rotatable bonds is 2. The standard InChI is InChI=1S/C19H20F3N5O2/c1-10-7-14(19(20,21)22)15-16(25-29-17(15)24-10)12-5-4-6-27(9-12)18(28)13-8-23-26(3)11(13)2/h7-8,12H,4-6,9H2,1-3H3. The highest BCUT2D eigenvalue weighted by molar-refractivity contribution is 5.95. The van der Waals surface area contributed by atoms with E-state index in [9.17, 15) is 18.0 Å². The smallest absolute Gasteiger partial charge is 0.338 e. The van der Waals surface area contributed by atoms with E-state index in [-0.39, 0.29) is 40.9 Å². The highest BCUT2D eigenvalue weighted by Gasteiger charge is 2.38. The Balaban J connectivity index is 1.69. The summed E-state index contributed by atoms with van der Waals surface area (Å²) in [7, 11) is 1.75. The first-order valence-corrected chi connectivity index (χ1v) is 9.28. The number of hydrogen-bond acceptors (Lipinski definition) is 5. The molecule has 1 fully saturated rings. The molecule has 1 atom stereocenters. The first-order valence-electron chi connectivity index (χ1n) is 9.28. The van der Waals surface area contributed by atoms with E-state index >= 15 is 0 Å². The van der Waals surface area contributed by atoms with E-state index in [2.05, 4.69) is 15.2 Å². The second kappa shape index (κ2) is 6.85. The second-order valence-corrected chi connectivity index (χ2v) is 7.41. The molecule has 154 valence electrons. The summed E-state index contributed by atoms with van der Waals surface area (Å²) in [5.74, 6) is -0.547. The maximum absolute atomic E-state index is 13.6. The van der Waals surface area contributed by atoms with Crippen LogP contribution in [0.4, 0.5) is 13.2 Å². The Kier molecular flexibility index (Phi) is 4.59. The Morgan fingerprint density at radius 1 is 1.31 bits per heavy atom. The van der Waals surface area contributed by atoms with Gasteiger partial charge in [-0.25, -0.2) is 4.98 Å². The largest absolute Gasteiger partial charge is 0.417 e. The number of alkyl halides is 3. The summed E-state index contributed by atoms with van der Waals surface area (Å²) in [5, 5.41) is 7.92. The van der Waals surface area contributed by atoms with Crippen LogP contribution in [0, 0.1) is 13.8 Å². The molecule has 1 saturated heterocycles. The number of likely N-dealkylation sites (tertiary alicyclic amines) is 1. The molecule has 3 aromatic rings. The molecule has 0 bridgehead atoms. The van der Waals surface area contributed by atoms with Crippen molar-refractivity contribution >= 4 is 17.0 Å². The Hall–Kier alpha value is -2.91. The fourth-order valence-corrected chi connectivity index (χ4v) is 3.86. The normalized spacial score (nSPS) is 17.9. The van der Waals surface area contributed by atoms with E-state index in [0.29, 0.717) is 24.9 Å². The molecular weight excluding hydrogens is 387 g/mol. The third kappa shape index (κ3) is 3.36. The molecule has 0 saturated carbocycles. The van der Waals surface area contributed by atoms with Gasteiger partial charge in [0.2, 0.25) is 0 Å². The molecule has 0 spiro atoms. The maximum Gasteiger partial charge on any atom is 0.417 e. The summed E-state index contributed by atoms with van der Waals surface area (Å²) in [5.41, 5.74) is 0.719. The van der Waals surface area contributed by atoms with Crippen molar-refractivity contribution in [2.45, 2.75) is 38.8 Å². The van der Waals surface area contributed by atoms with E-state index in [1.165, 1.54) is 13.1 Å². The number of carbonyl (C=O) groups is 1. The van der Waals surface area contributed by atoms with Gasteiger partial charge in [-0.1, -0.05) is 5.16 Å². The van der Waals surface area contributed by atoms with Crippen LogP contribution in [0.5, 0.6) is 0 Å². The lowest BCUT2D eigenvalue weighted by Crippen LogP contribution is -2.39. The Morgan fingerprint density at radius 2 is 2.07 bits per heavy atom. The summed E-state index contributed by atoms with van der Waals surface area (Å²) in [4.78, 5) is 18.6. The predicted molar refractivity (Wildman–Crippen MR) is 97.4 cm³/mol. The number of pyridine rings is 1. The Morgan fingerprint density at radius 3 is 2.72 bits per heavy atom. The van der Waals surface area contributed by atoms with E-state index in [0.717, 1.165) is 11.8 Å². The number of aromatic nitrogens is 4. The quantitative estimate of drug-likeness (QED) is 0.649. The highest BCUT2D eigenvalue weighted by Crippen LogP contribution is 2.40. The number of halogens is 3. The lowest BCUT2D eigenvalue weighted by molar-refractivity contribution is -0.136. The van der Waals surface area contributed by atoms with Crippen molar-refractivity contribution in [3.8, 4) is 0 Å². The third-order valence-corrected chi connectivity index (χ3v) is 5.47. The number of carbonyl (C=O) groups excluding carboxylic acids is 1. The fourth-order valence-electron chi connectivity index (χ4n) is 3.86. The van der Waals surface area contributed by atoms with Gasteiger partial charge in [-0.15, -0.1) is 0 Å². The van der Waals surface area contributed by atoms with Crippen molar-refractivity contribution in [1.29, 1.82) is 0 Å². The summed E-state index contributed by atoms with van der Waals surface area (Å²) in [6.07, 6.45) is -1.77. The molecule has 0 radical (unpaired) electrons. The van der Waals surface area contributed by atoms with Gasteiger partial charge in [0.05, 0.1) is 28.4 Å². The average Bonchev–Trinajstić information content (AvgIpc) is 3.23. The van der Waals surface area contributed by atoms with Gasteiger partial charge in [-0.05, 0) is 32.8 Å². The topological polar surface area (TPSA) is 77.0 Å². The van der Waals surface area contributed by atoms with Crippen molar-refractivity contribution in [2.75, 3.05) is 13.1 Å². The van der Waals surface area contributed by atoms with Crippen LogP contribution in [0.3, 0.4) is 0 Å². The molecular formula is C19H20F3N5O2. The van der Waals surface area contributed by atoms with E-state index in [1.54, 1.807) is 23.6 Å². The average molecular weight is 407 g/mol. The number of amides is 1. The van der Waals surface area contributed by atoms with Crippen LogP contribution < -0.4 is 0 Å². The summed E-state index contributed by atoms with van der Waals surface area (Å²) < 4.78 is 47.6. The number of hydrogen-bond donors (Lipinski definition) is 0. The third-order valence-electron chi connectivity index (χ3n) is 5.47. The van der Waals surface area contributed by atoms with Gasteiger partial charge in [-0.2, -0.15) is 18.3 Å². The highest BCUT2D eigenvalue weighted by atomic mass is 19.4. The van der Waals surface area contributed by atoms with Gasteiger partial charge < -0.3 is 9.42 Å². The summed E-state index contributed by atoms with van der Waals surface area (Å²) in [6.45, 7) is 4.08. The predicted octanol–water partition coefficient (Wildman–Crippen LogP) is 3.61. The van der Waals surface area contributed by atoms with E-state index in [4.69, 9.17) is 4.52 Å². The Bertz CT molecular complexity index is 1090. The van der Waals surface area contributed by atoms with Crippen LogP contribution in [0.1, 0.15) is 51.8 Å². The van der Waals surface area contributed by atoms with Crippen molar-refractivity contribution in [3.63, 3.8) is 0 Å². The number of fused-ring (bicyclic) bond motifs is 1. The van der Waals surface area contributed by atoms with Crippen molar-refractivity contribution in [3.05, 3.63) is 40.5 Å². The van der Waals surface area contributed by atoms with Gasteiger partial charge in [-0.3, -0.25) is 9.48 Å². The minimum atomic E-state index is -4.55. The molecule has 4 heterocycles. The van der Waals surface area contributed by atoms with Crippen LogP contribution >= 0.6 is 0 Å². The summed E-state index contributed by atoms with van der Waals surface area (Å²) in [6, 6.07) is 1.01. The molecule has 10 heteroatoms. The first-order chi connectivity index (χ1) is 13.7. The van der Waals surface area contributed by atoms with Crippen LogP contribution in [0.2, 0.25) is 0 Å². The second-order valence-electron chi connectivity index (χ2n) is 7.41. The fraction of sp³-hybridized carbons (Fsp3) is 0.474. The zero-order valence-electron chi connectivity index (χ0n) is 16.2. The van der Waals surface area contributed by atoms with Crippen molar-refractivity contribution in [2.24, 2.45) is 7.05 Å². The maximum atomic E-state index is 13.6. The minimum absolute atomic E-state index is 0.111. The van der Waals surface area contributed by atoms with Gasteiger partial charge in [0.25, 0.3) is 11.6 Å². The van der Waals surface area contributed by atoms with E-state index in [1.807, 2.05) is 0 Å². The number of nitrogens with zero attached hydrogens (tertiary/aromatic N) is 5. The van der Waals surface area contributed by atoms with Crippen LogP contribution in [-0.2, 0) is 13.2 Å². The molecule has 0 aliphatic carbocycles. The minimum Gasteiger partial charge on any atom is -0.338 e. The first kappa shape index (κ1) is 19.4. The molecule has 1 unspecified atom stereocenters. The summed E-state index contributed by atoms with van der Waals surface area (Å²) >= 11 is 0. The number of aryl methyl sites for hydroxylation is 2. The molecule has 1 aliphatic heterocycles. The lowest BCUT2D eigenvalue weighted by atomic mass is 9.91. The van der Waals surface area contributed by atoms with E-state index < -0.39 is 11.7 Å². The van der Waals surface area contributed by atoms with Crippen LogP contribution in [0.25, 0.3) is 11.1 Å². The monoisotopic (exact) mass is 407 g/mol. The van der Waals surface area contributed by atoms with Gasteiger partial charge >= 0.3 is 6.18 Å². The lowest BCUT2D eigenvalue weighted by Gasteiger charge is -2.32. The zero-order valence-corrected chi connectivity index (χ0v) is 16.2. The van der Waals surface area contributed by atoms with Crippen molar-refractivity contribution < 1.29 is 22.5 Å². The van der Waals surface area contributed by atoms with Gasteiger partial charge in [0.15, 0.2) is 0 Å². The van der Waals surface area contributed by atoms with Gasteiger partial charge in [0.1, 0.15) is 0 Å². The van der Waals surface area contributed by atoms with Crippen molar-refractivity contribution in [1.82, 2.24) is 24.8 Å². The molecule has 3 aromatic heterocycles. The number of piperidine rings is 1. The molecule has 1 amide bonds. The Labute approximate surface area is 164 Å². The molecule has 29 heavy (non-hydrogen) atoms. The van der Waals surface area contributed by atoms with Crippen LogP contribution in [-0.4, -0.2) is 43.8 Å².